The smallest absolute Gasteiger partial charge is 0.0326 e. The van der Waals surface area contributed by atoms with E-state index in [0.717, 1.165) is 34.2 Å². The summed E-state index contributed by atoms with van der Waals surface area (Å²) in [6.45, 7) is 29.8. The third-order valence-electron chi connectivity index (χ3n) is 9.39. The Hall–Kier alpha value is -4.26. The molecule has 0 saturated heterocycles. The van der Waals surface area contributed by atoms with Gasteiger partial charge in [-0.2, -0.15) is 74.0 Å². The predicted molar refractivity (Wildman–Crippen MR) is 239 cm³/mol. The predicted octanol–water partition coefficient (Wildman–Crippen LogP) is 10.4. The fraction of sp³-hybridized carbons (Fsp3) is 0.375. The summed E-state index contributed by atoms with van der Waals surface area (Å²) in [6, 6.07) is 39.2. The van der Waals surface area contributed by atoms with E-state index < -0.39 is 0 Å². The van der Waals surface area contributed by atoms with Crippen LogP contribution in [0.15, 0.2) is 97.1 Å². The average Bonchev–Trinajstić information content (AvgIpc) is 3.99. The molecule has 328 valence electrons. The van der Waals surface area contributed by atoms with Gasteiger partial charge in [-0.05, 0) is 82.8 Å². The number of hydrogen-bond acceptors (Lipinski definition) is 8. The van der Waals surface area contributed by atoms with Crippen molar-refractivity contribution < 1.29 is 42.1 Å². The average molecular weight is 1170 g/mol. The van der Waals surface area contributed by atoms with Gasteiger partial charge in [0.1, 0.15) is 0 Å². The summed E-state index contributed by atoms with van der Waals surface area (Å²) in [5.74, 6) is 0. The Bertz CT molecular complexity index is 1980. The van der Waals surface area contributed by atoms with Crippen LogP contribution in [0.5, 0.6) is 0 Å². The Morgan fingerprint density at radius 3 is 1.03 bits per heavy atom. The normalized spacial score (nSPS) is 13.3. The van der Waals surface area contributed by atoms with E-state index in [-0.39, 0.29) is 63.8 Å². The van der Waals surface area contributed by atoms with E-state index in [1.807, 2.05) is 36.4 Å². The Labute approximate surface area is 388 Å². The van der Waals surface area contributed by atoms with Crippen LogP contribution in [-0.2, 0) is 63.8 Å². The second-order valence-corrected chi connectivity index (χ2v) is 18.6. The van der Waals surface area contributed by atoms with Gasteiger partial charge in [-0.1, -0.05) is 107 Å². The maximum atomic E-state index is 4.09. The maximum Gasteiger partial charge on any atom is 0.0326 e. The molecule has 0 unspecified atom stereocenters. The van der Waals surface area contributed by atoms with Gasteiger partial charge in [-0.3, -0.25) is 10.4 Å². The van der Waals surface area contributed by atoms with E-state index in [1.54, 1.807) is 0 Å². The van der Waals surface area contributed by atoms with Crippen molar-refractivity contribution in [1.29, 1.82) is 0 Å². The van der Waals surface area contributed by atoms with Gasteiger partial charge < -0.3 is 40.0 Å². The molecule has 0 fully saturated rings. The standard InChI is InChI=1S/2C14H12N2.2C10H18N3.2Pt/c2*1-15-11-16(12-7-3-2-4-8-12)14-10-6-5-9-13(14)15;2*1-9(2,3)7-8(10(4,5)6)12-13-11-7;;/h2*2-7,9-11H,1H3;2*1-6H3;;/q2*-2;2*-1;;. The van der Waals surface area contributed by atoms with Crippen molar-refractivity contribution in [2.75, 3.05) is 33.7 Å². The molecule has 0 saturated carbocycles. The molecule has 10 nitrogen and oxygen atoms in total. The number of nitrogens with zero attached hydrogens (tertiary/aromatic N) is 10. The number of para-hydroxylation sites is 6. The zero-order valence-corrected chi connectivity index (χ0v) is 42.0. The first-order valence-corrected chi connectivity index (χ1v) is 19.8. The summed E-state index contributed by atoms with van der Waals surface area (Å²) in [4.78, 5) is 8.54. The molecule has 0 aliphatic carbocycles. The zero-order valence-electron chi connectivity index (χ0n) is 37.5. The van der Waals surface area contributed by atoms with Crippen LogP contribution >= 0.6 is 0 Å². The SMILES string of the molecule is CC(C)(C)c1nn[n-]c1C(C)(C)C.CC(C)(C)c1nn[n-]c1C(C)(C)C.CN1[CH-]N(c2[c-]cccc2)c2ccccc21.CN1[CH-]N(c2[c-]cccc2)c2ccccc21.[Pt].[Pt]. The molecule has 0 radical (unpaired) electrons. The quantitative estimate of drug-likeness (QED) is 0.156. The second kappa shape index (κ2) is 20.5. The third-order valence-corrected chi connectivity index (χ3v) is 9.39. The Kier molecular flexibility index (Phi) is 17.1. The van der Waals surface area contributed by atoms with Crippen LogP contribution in [0.4, 0.5) is 34.1 Å². The molecule has 8 rings (SSSR count). The van der Waals surface area contributed by atoms with Crippen molar-refractivity contribution in [1.82, 2.24) is 30.8 Å². The van der Waals surface area contributed by atoms with Gasteiger partial charge in [-0.25, -0.2) is 0 Å². The van der Waals surface area contributed by atoms with E-state index in [0.29, 0.717) is 0 Å². The first-order valence-electron chi connectivity index (χ1n) is 19.8. The van der Waals surface area contributed by atoms with Gasteiger partial charge in [0.15, 0.2) is 0 Å². The molecule has 4 aromatic carbocycles. The molecule has 0 atom stereocenters. The molecule has 0 spiro atoms. The van der Waals surface area contributed by atoms with Crippen molar-refractivity contribution in [3.63, 3.8) is 0 Å². The number of rotatable bonds is 2. The molecule has 2 aromatic heterocycles. The minimum Gasteiger partial charge on any atom is -0.504 e. The monoisotopic (exact) mass is 1170 g/mol. The number of benzene rings is 4. The fourth-order valence-electron chi connectivity index (χ4n) is 6.41. The van der Waals surface area contributed by atoms with Gasteiger partial charge in [0.25, 0.3) is 0 Å². The van der Waals surface area contributed by atoms with E-state index in [2.05, 4.69) is 234 Å². The molecule has 60 heavy (non-hydrogen) atoms. The number of fused-ring (bicyclic) bond motifs is 2. The Balaban J connectivity index is 0.000000213. The van der Waals surface area contributed by atoms with Crippen LogP contribution in [0, 0.1) is 25.5 Å². The number of anilines is 6. The van der Waals surface area contributed by atoms with Crippen LogP contribution in [-0.4, -0.2) is 34.7 Å². The molecular weight excluding hydrogens is 1110 g/mol. The summed E-state index contributed by atoms with van der Waals surface area (Å²) < 4.78 is 0. The summed E-state index contributed by atoms with van der Waals surface area (Å²) in [7, 11) is 4.11. The van der Waals surface area contributed by atoms with Crippen LogP contribution in [0.2, 0.25) is 0 Å². The van der Waals surface area contributed by atoms with Gasteiger partial charge in [-0.15, -0.1) is 11.4 Å². The van der Waals surface area contributed by atoms with Crippen molar-refractivity contribution in [2.45, 2.75) is 105 Å². The summed E-state index contributed by atoms with van der Waals surface area (Å²) >= 11 is 0. The van der Waals surface area contributed by atoms with Crippen molar-refractivity contribution in [3.05, 3.63) is 145 Å². The Morgan fingerprint density at radius 2 is 0.767 bits per heavy atom. The fourth-order valence-corrected chi connectivity index (χ4v) is 6.41. The Morgan fingerprint density at radius 1 is 0.450 bits per heavy atom. The topological polar surface area (TPSA) is 92.7 Å². The molecule has 6 aromatic rings. The first-order chi connectivity index (χ1) is 27.2. The second-order valence-electron chi connectivity index (χ2n) is 18.6. The van der Waals surface area contributed by atoms with Gasteiger partial charge >= 0.3 is 0 Å². The largest absolute Gasteiger partial charge is 0.504 e. The van der Waals surface area contributed by atoms with Crippen molar-refractivity contribution in [2.24, 2.45) is 0 Å². The van der Waals surface area contributed by atoms with E-state index >= 15 is 0 Å². The number of hydrogen-bond donors (Lipinski definition) is 0. The van der Waals surface area contributed by atoms with Crippen molar-refractivity contribution in [3.8, 4) is 0 Å². The van der Waals surface area contributed by atoms with E-state index in [9.17, 15) is 0 Å². The molecule has 4 heterocycles. The van der Waals surface area contributed by atoms with Gasteiger partial charge in [0.05, 0.1) is 0 Å². The summed E-state index contributed by atoms with van der Waals surface area (Å²) in [5.41, 5.74) is 11.2. The third kappa shape index (κ3) is 12.4. The molecule has 2 aliphatic rings. The minimum atomic E-state index is 0. The van der Waals surface area contributed by atoms with Crippen LogP contribution in [0.3, 0.4) is 0 Å². The zero-order chi connectivity index (χ0) is 42.5. The molecular formula is C48H60N10Pt2-6. The van der Waals surface area contributed by atoms with Crippen LogP contribution in [0.25, 0.3) is 0 Å². The van der Waals surface area contributed by atoms with Crippen LogP contribution in [0.1, 0.15) is 106 Å². The van der Waals surface area contributed by atoms with Gasteiger partial charge in [0, 0.05) is 64.9 Å². The summed E-state index contributed by atoms with van der Waals surface area (Å²) in [6.07, 6.45) is 0. The number of aromatic nitrogens is 6. The molecule has 2 aliphatic heterocycles. The molecule has 12 heteroatoms. The van der Waals surface area contributed by atoms with E-state index in [4.69, 9.17) is 0 Å². The molecule has 0 bridgehead atoms. The van der Waals surface area contributed by atoms with E-state index in [1.165, 1.54) is 22.7 Å². The maximum absolute atomic E-state index is 4.09. The molecule has 0 N–H and O–H groups in total. The molecule has 0 amide bonds. The van der Waals surface area contributed by atoms with Crippen molar-refractivity contribution >= 4 is 34.1 Å². The first kappa shape index (κ1) is 50.1. The van der Waals surface area contributed by atoms with Gasteiger partial charge in [0.2, 0.25) is 0 Å². The summed E-state index contributed by atoms with van der Waals surface area (Å²) in [5, 5.41) is 23.9. The van der Waals surface area contributed by atoms with Crippen LogP contribution < -0.4 is 29.8 Å². The minimum absolute atomic E-state index is 0.